The number of carbonyl (C=O) groups is 1. The van der Waals surface area contributed by atoms with Crippen LogP contribution in [0.1, 0.15) is 58.2 Å². The molecule has 10 heteroatoms. The number of benzene rings is 2. The Bertz CT molecular complexity index is 1850. The van der Waals surface area contributed by atoms with Gasteiger partial charge in [-0.2, -0.15) is 5.26 Å². The van der Waals surface area contributed by atoms with Crippen molar-refractivity contribution in [3.63, 3.8) is 0 Å². The van der Waals surface area contributed by atoms with Gasteiger partial charge >= 0.3 is 5.97 Å². The smallest absolute Gasteiger partial charge is 0.335 e. The van der Waals surface area contributed by atoms with Crippen LogP contribution in [0.2, 0.25) is 0 Å². The van der Waals surface area contributed by atoms with Gasteiger partial charge in [0.1, 0.15) is 12.4 Å². The molecule has 5 aromatic rings. The molecule has 43 heavy (non-hydrogen) atoms. The van der Waals surface area contributed by atoms with Crippen LogP contribution in [0.4, 0.5) is 0 Å². The normalized spacial score (nSPS) is 17.6. The lowest BCUT2D eigenvalue weighted by atomic mass is 9.93. The van der Waals surface area contributed by atoms with E-state index in [2.05, 4.69) is 21.6 Å². The van der Waals surface area contributed by atoms with E-state index in [0.717, 1.165) is 77.2 Å². The molecule has 2 saturated heterocycles. The van der Waals surface area contributed by atoms with Crippen molar-refractivity contribution >= 4 is 38.4 Å². The zero-order chi connectivity index (χ0) is 29.3. The summed E-state index contributed by atoms with van der Waals surface area (Å²) < 4.78 is 15.1. The third-order valence-corrected chi connectivity index (χ3v) is 9.55. The lowest BCUT2D eigenvalue weighted by Gasteiger charge is -2.32. The molecular weight excluding hydrogens is 562 g/mol. The van der Waals surface area contributed by atoms with Gasteiger partial charge in [0.2, 0.25) is 5.88 Å². The molecule has 9 nitrogen and oxygen atoms in total. The molecule has 1 unspecified atom stereocenters. The molecule has 0 radical (unpaired) electrons. The van der Waals surface area contributed by atoms with Crippen molar-refractivity contribution in [1.29, 1.82) is 5.26 Å². The van der Waals surface area contributed by atoms with Crippen LogP contribution in [0.15, 0.2) is 60.0 Å². The number of piperidine rings is 1. The van der Waals surface area contributed by atoms with Crippen LogP contribution in [-0.2, 0) is 24.4 Å². The number of nitriles is 1. The van der Waals surface area contributed by atoms with Gasteiger partial charge in [-0.3, -0.25) is 4.90 Å². The second-order valence-corrected chi connectivity index (χ2v) is 12.1. The van der Waals surface area contributed by atoms with Gasteiger partial charge in [0, 0.05) is 39.9 Å². The molecule has 5 heterocycles. The van der Waals surface area contributed by atoms with E-state index in [4.69, 9.17) is 19.4 Å². The first-order chi connectivity index (χ1) is 21.1. The Morgan fingerprint density at radius 1 is 1.12 bits per heavy atom. The highest BCUT2D eigenvalue weighted by Crippen LogP contribution is 2.31. The molecule has 0 spiro atoms. The SMILES string of the molecule is N#Cc1ccc(COc2cccc(C3CCN(Cc4nc5ccc(C(=O)O)cc5n4CC4CCO4)CC3)n2)c2sccc12. The van der Waals surface area contributed by atoms with E-state index in [1.165, 1.54) is 0 Å². The molecule has 7 rings (SSSR count). The minimum atomic E-state index is -0.935. The summed E-state index contributed by atoms with van der Waals surface area (Å²) in [7, 11) is 0. The number of rotatable bonds is 9. The number of fused-ring (bicyclic) bond motifs is 2. The van der Waals surface area contributed by atoms with Crippen LogP contribution in [0.5, 0.6) is 5.88 Å². The maximum atomic E-state index is 11.6. The highest BCUT2D eigenvalue weighted by atomic mass is 32.1. The fourth-order valence-electron chi connectivity index (χ4n) is 6.07. The second-order valence-electron chi connectivity index (χ2n) is 11.2. The van der Waals surface area contributed by atoms with Crippen LogP contribution in [0.25, 0.3) is 21.1 Å². The molecular formula is C33H31N5O4S. The fourth-order valence-corrected chi connectivity index (χ4v) is 6.99. The van der Waals surface area contributed by atoms with Crippen molar-refractivity contribution in [2.24, 2.45) is 0 Å². The molecule has 0 amide bonds. The first kappa shape index (κ1) is 27.5. The maximum absolute atomic E-state index is 11.6. The number of carboxylic acid groups (broad SMARTS) is 1. The van der Waals surface area contributed by atoms with E-state index in [-0.39, 0.29) is 11.7 Å². The largest absolute Gasteiger partial charge is 0.478 e. The summed E-state index contributed by atoms with van der Waals surface area (Å²) in [5.41, 5.74) is 4.72. The summed E-state index contributed by atoms with van der Waals surface area (Å²) >= 11 is 1.62. The minimum absolute atomic E-state index is 0.143. The Labute approximate surface area is 252 Å². The summed E-state index contributed by atoms with van der Waals surface area (Å²) in [6.45, 7) is 4.40. The minimum Gasteiger partial charge on any atom is -0.478 e. The van der Waals surface area contributed by atoms with E-state index in [0.29, 0.717) is 37.1 Å². The van der Waals surface area contributed by atoms with Gasteiger partial charge in [-0.1, -0.05) is 12.1 Å². The molecule has 1 atom stereocenters. The van der Waals surface area contributed by atoms with Crippen molar-refractivity contribution in [3.8, 4) is 11.9 Å². The Morgan fingerprint density at radius 3 is 2.74 bits per heavy atom. The number of imidazole rings is 1. The predicted octanol–water partition coefficient (Wildman–Crippen LogP) is 5.96. The van der Waals surface area contributed by atoms with Crippen molar-refractivity contribution in [2.45, 2.75) is 51.0 Å². The molecule has 2 aromatic carbocycles. The average Bonchev–Trinajstić information content (AvgIpc) is 3.63. The Hall–Kier alpha value is -4.30. The number of carboxylic acids is 1. The van der Waals surface area contributed by atoms with Crippen molar-refractivity contribution in [3.05, 3.63) is 88.2 Å². The number of pyridine rings is 1. The number of nitrogens with zero attached hydrogens (tertiary/aromatic N) is 5. The quantitative estimate of drug-likeness (QED) is 0.223. The lowest BCUT2D eigenvalue weighted by molar-refractivity contribution is -0.0592. The van der Waals surface area contributed by atoms with Crippen molar-refractivity contribution in [1.82, 2.24) is 19.4 Å². The molecule has 0 bridgehead atoms. The van der Waals surface area contributed by atoms with Crippen molar-refractivity contribution in [2.75, 3.05) is 19.7 Å². The summed E-state index contributed by atoms with van der Waals surface area (Å²) in [5.74, 6) is 0.971. The maximum Gasteiger partial charge on any atom is 0.335 e. The second kappa shape index (κ2) is 11.8. The topological polar surface area (TPSA) is 114 Å². The van der Waals surface area contributed by atoms with E-state index in [1.807, 2.05) is 35.7 Å². The van der Waals surface area contributed by atoms with E-state index < -0.39 is 5.97 Å². The molecule has 1 N–H and O–H groups in total. The Kier molecular flexibility index (Phi) is 7.53. The summed E-state index contributed by atoms with van der Waals surface area (Å²) in [6.07, 6.45) is 3.11. The molecule has 218 valence electrons. The van der Waals surface area contributed by atoms with Gasteiger partial charge < -0.3 is 19.1 Å². The van der Waals surface area contributed by atoms with E-state index in [1.54, 1.807) is 29.5 Å². The molecule has 2 aliphatic heterocycles. The molecule has 2 aliphatic rings. The van der Waals surface area contributed by atoms with Crippen LogP contribution in [0, 0.1) is 11.3 Å². The first-order valence-corrected chi connectivity index (χ1v) is 15.5. The van der Waals surface area contributed by atoms with Gasteiger partial charge in [0.25, 0.3) is 0 Å². The zero-order valence-electron chi connectivity index (χ0n) is 23.6. The number of hydrogen-bond donors (Lipinski definition) is 1. The van der Waals surface area contributed by atoms with Gasteiger partial charge in [-0.25, -0.2) is 14.8 Å². The first-order valence-electron chi connectivity index (χ1n) is 14.6. The highest BCUT2D eigenvalue weighted by Gasteiger charge is 2.26. The molecule has 2 fully saturated rings. The van der Waals surface area contributed by atoms with E-state index >= 15 is 0 Å². The monoisotopic (exact) mass is 593 g/mol. The average molecular weight is 594 g/mol. The number of aromatic carboxylic acids is 1. The van der Waals surface area contributed by atoms with Crippen LogP contribution in [-0.4, -0.2) is 56.3 Å². The molecule has 0 saturated carbocycles. The van der Waals surface area contributed by atoms with Gasteiger partial charge in [-0.05, 0) is 74.1 Å². The van der Waals surface area contributed by atoms with Gasteiger partial charge in [-0.15, -0.1) is 11.3 Å². The predicted molar refractivity (Wildman–Crippen MR) is 163 cm³/mol. The van der Waals surface area contributed by atoms with Crippen molar-refractivity contribution < 1.29 is 19.4 Å². The number of aromatic nitrogens is 3. The molecule has 3 aromatic heterocycles. The number of likely N-dealkylation sites (tertiary alicyclic amines) is 1. The fraction of sp³-hybridized carbons (Fsp3) is 0.333. The standard InChI is InChI=1S/C33H31N5O4S/c34-17-23-4-5-24(32-26(23)11-15-43-32)20-42-31-3-1-2-27(36-31)21-8-12-37(13-9-21)19-30-35-28-7-6-22(33(39)40)16-29(28)38(30)18-25-10-14-41-25/h1-7,11,15-16,21,25H,8-10,12-14,18-20H2,(H,39,40). The highest BCUT2D eigenvalue weighted by molar-refractivity contribution is 7.17. The Morgan fingerprint density at radius 2 is 1.98 bits per heavy atom. The van der Waals surface area contributed by atoms with Crippen LogP contribution >= 0.6 is 11.3 Å². The summed E-state index contributed by atoms with van der Waals surface area (Å²) in [4.78, 5) is 23.8. The third kappa shape index (κ3) is 5.59. The van der Waals surface area contributed by atoms with Gasteiger partial charge in [0.05, 0.1) is 47.4 Å². The van der Waals surface area contributed by atoms with Crippen LogP contribution < -0.4 is 4.74 Å². The number of ether oxygens (including phenoxy) is 2. The van der Waals surface area contributed by atoms with Gasteiger partial charge in [0.15, 0.2) is 0 Å². The number of hydrogen-bond acceptors (Lipinski definition) is 8. The third-order valence-electron chi connectivity index (χ3n) is 8.56. The molecule has 0 aliphatic carbocycles. The lowest BCUT2D eigenvalue weighted by Crippen LogP contribution is -2.35. The summed E-state index contributed by atoms with van der Waals surface area (Å²) in [5, 5.41) is 21.9. The zero-order valence-corrected chi connectivity index (χ0v) is 24.4. The van der Waals surface area contributed by atoms with E-state index in [9.17, 15) is 15.2 Å². The summed E-state index contributed by atoms with van der Waals surface area (Å²) in [6, 6.07) is 19.2. The van der Waals surface area contributed by atoms with Crippen LogP contribution in [0.3, 0.4) is 0 Å². The number of thiophene rings is 1. The Balaban J connectivity index is 1.01.